The Kier molecular flexibility index (Phi) is 15.7. The van der Waals surface area contributed by atoms with Crippen molar-refractivity contribution in [1.82, 2.24) is 0 Å². The molecule has 0 N–H and O–H groups in total. The molecule has 0 aromatic carbocycles. The van der Waals surface area contributed by atoms with Crippen molar-refractivity contribution in [2.24, 2.45) is 5.41 Å². The van der Waals surface area contributed by atoms with E-state index in [9.17, 15) is 9.46 Å². The van der Waals surface area contributed by atoms with Crippen LogP contribution in [0.15, 0.2) is 0 Å². The predicted molar refractivity (Wildman–Crippen MR) is 111 cm³/mol. The van der Waals surface area contributed by atoms with Gasteiger partial charge in [-0.3, -0.25) is 0 Å². The van der Waals surface area contributed by atoms with E-state index in [0.29, 0.717) is 58.3 Å². The Morgan fingerprint density at radius 1 is 0.586 bits per heavy atom. The molecule has 0 saturated heterocycles. The maximum absolute atomic E-state index is 11.7. The van der Waals surface area contributed by atoms with Gasteiger partial charge >= 0.3 is 0 Å². The Bertz CT molecular complexity index is 431. The van der Waals surface area contributed by atoms with Crippen LogP contribution in [-0.4, -0.2) is 77.8 Å². The van der Waals surface area contributed by atoms with Crippen molar-refractivity contribution in [3.63, 3.8) is 0 Å². The molecule has 0 rings (SSSR count). The summed E-state index contributed by atoms with van der Waals surface area (Å²) in [5.74, 6) is 0. The van der Waals surface area contributed by atoms with E-state index in [1.807, 2.05) is 0 Å². The van der Waals surface area contributed by atoms with E-state index in [2.05, 4.69) is 20.8 Å². The molecule has 0 heterocycles. The molecule has 29 heavy (non-hydrogen) atoms. The van der Waals surface area contributed by atoms with Crippen molar-refractivity contribution < 1.29 is 37.7 Å². The minimum Gasteiger partial charge on any atom is -0.778 e. The lowest BCUT2D eigenvalue weighted by atomic mass is 9.93. The van der Waals surface area contributed by atoms with E-state index in [-0.39, 0.29) is 13.2 Å². The molecule has 1 atom stereocenters. The summed E-state index contributed by atoms with van der Waals surface area (Å²) < 4.78 is 43.7. The Morgan fingerprint density at radius 2 is 0.897 bits per heavy atom. The molecule has 0 amide bonds. The molecule has 0 fully saturated rings. The number of rotatable bonds is 18. The van der Waals surface area contributed by atoms with Gasteiger partial charge in [-0.25, -0.2) is 0 Å². The largest absolute Gasteiger partial charge is 0.778 e. The molecule has 0 aromatic rings. The van der Waals surface area contributed by atoms with Crippen molar-refractivity contribution in [1.29, 1.82) is 0 Å². The Labute approximate surface area is 177 Å². The van der Waals surface area contributed by atoms with Crippen molar-refractivity contribution in [2.75, 3.05) is 72.7 Å². The van der Waals surface area contributed by atoms with Gasteiger partial charge in [0.25, 0.3) is 0 Å². The summed E-state index contributed by atoms with van der Waals surface area (Å²) in [5.41, 5.74) is 0.298. The van der Waals surface area contributed by atoms with Crippen LogP contribution in [0.3, 0.4) is 0 Å². The molecule has 0 aliphatic rings. The van der Waals surface area contributed by atoms with Gasteiger partial charge in [0.1, 0.15) is 7.60 Å². The fourth-order valence-corrected chi connectivity index (χ4v) is 2.47. The first kappa shape index (κ1) is 28.9. The summed E-state index contributed by atoms with van der Waals surface area (Å²) >= 11 is 0. The lowest BCUT2D eigenvalue weighted by Crippen LogP contribution is -2.26. The second-order valence-electron chi connectivity index (χ2n) is 8.87. The summed E-state index contributed by atoms with van der Waals surface area (Å²) in [5, 5.41) is -0.902. The maximum Gasteiger partial charge on any atom is 0.140 e. The highest BCUT2D eigenvalue weighted by atomic mass is 31.2. The maximum atomic E-state index is 11.7. The predicted octanol–water partition coefficient (Wildman–Crippen LogP) is 2.87. The van der Waals surface area contributed by atoms with E-state index >= 15 is 0 Å². The van der Waals surface area contributed by atoms with E-state index in [0.717, 1.165) is 13.0 Å². The first-order valence-corrected chi connectivity index (χ1v) is 11.8. The summed E-state index contributed by atoms with van der Waals surface area (Å²) in [6.07, 6.45) is 1.04. The van der Waals surface area contributed by atoms with Gasteiger partial charge in [-0.2, -0.15) is 0 Å². The minimum atomic E-state index is -3.87. The molecule has 1 unspecified atom stereocenters. The Morgan fingerprint density at radius 3 is 1.21 bits per heavy atom. The Hall–Kier alpha value is -0.0500. The standard InChI is InChI=1S/C20H43O8P/c1-19(2,3)7-8-23-9-10-24-11-12-25-13-14-26-15-16-27-17-18-28-29(21,22)20(4,5)6/h7-18H2,1-6H3,(H,21,22)/p-1. The summed E-state index contributed by atoms with van der Waals surface area (Å²) in [4.78, 5) is 11.7. The lowest BCUT2D eigenvalue weighted by Gasteiger charge is -2.35. The third-order valence-electron chi connectivity index (χ3n) is 3.79. The van der Waals surface area contributed by atoms with Crippen LogP contribution in [0.1, 0.15) is 48.0 Å². The second-order valence-corrected chi connectivity index (χ2v) is 11.5. The van der Waals surface area contributed by atoms with Crippen LogP contribution in [0.25, 0.3) is 0 Å². The van der Waals surface area contributed by atoms with Gasteiger partial charge in [0.15, 0.2) is 0 Å². The summed E-state index contributed by atoms with van der Waals surface area (Å²) in [6, 6.07) is 0. The van der Waals surface area contributed by atoms with E-state index in [1.54, 1.807) is 20.8 Å². The lowest BCUT2D eigenvalue weighted by molar-refractivity contribution is -0.205. The normalized spacial score (nSPS) is 14.9. The molecule has 0 saturated carbocycles. The quantitative estimate of drug-likeness (QED) is 0.237. The highest BCUT2D eigenvalue weighted by molar-refractivity contribution is 7.53. The van der Waals surface area contributed by atoms with Crippen LogP contribution in [0.4, 0.5) is 0 Å². The average Bonchev–Trinajstić information content (AvgIpc) is 2.58. The molecule has 9 heteroatoms. The van der Waals surface area contributed by atoms with Gasteiger partial charge < -0.3 is 37.7 Å². The molecule has 0 radical (unpaired) electrons. The highest BCUT2D eigenvalue weighted by Gasteiger charge is 2.26. The van der Waals surface area contributed by atoms with Crippen LogP contribution in [0.5, 0.6) is 0 Å². The molecule has 0 bridgehead atoms. The third kappa shape index (κ3) is 18.4. The summed E-state index contributed by atoms with van der Waals surface area (Å²) in [6.45, 7) is 16.3. The van der Waals surface area contributed by atoms with Gasteiger partial charge in [0.05, 0.1) is 66.1 Å². The van der Waals surface area contributed by atoms with E-state index in [1.165, 1.54) is 0 Å². The van der Waals surface area contributed by atoms with E-state index in [4.69, 9.17) is 28.2 Å². The van der Waals surface area contributed by atoms with Crippen molar-refractivity contribution >= 4 is 7.60 Å². The summed E-state index contributed by atoms with van der Waals surface area (Å²) in [7, 11) is -3.87. The fraction of sp³-hybridized carbons (Fsp3) is 1.00. The smallest absolute Gasteiger partial charge is 0.140 e. The molecule has 176 valence electrons. The van der Waals surface area contributed by atoms with Gasteiger partial charge in [-0.05, 0) is 11.8 Å². The number of ether oxygens (including phenoxy) is 5. The monoisotopic (exact) mass is 441 g/mol. The molecular weight excluding hydrogens is 399 g/mol. The van der Waals surface area contributed by atoms with Crippen LogP contribution in [0.2, 0.25) is 0 Å². The van der Waals surface area contributed by atoms with Crippen molar-refractivity contribution in [3.05, 3.63) is 0 Å². The van der Waals surface area contributed by atoms with Gasteiger partial charge in [0, 0.05) is 11.8 Å². The average molecular weight is 442 g/mol. The van der Waals surface area contributed by atoms with Crippen molar-refractivity contribution in [3.8, 4) is 0 Å². The van der Waals surface area contributed by atoms with Crippen molar-refractivity contribution in [2.45, 2.75) is 53.1 Å². The Balaban J connectivity index is 3.24. The van der Waals surface area contributed by atoms with Gasteiger partial charge in [-0.15, -0.1) is 0 Å². The van der Waals surface area contributed by atoms with Crippen LogP contribution >= 0.6 is 7.60 Å². The fourth-order valence-electron chi connectivity index (χ4n) is 1.77. The molecule has 0 spiro atoms. The van der Waals surface area contributed by atoms with Crippen LogP contribution in [0, 0.1) is 5.41 Å². The number of hydrogen-bond acceptors (Lipinski definition) is 8. The third-order valence-corrected chi connectivity index (χ3v) is 5.96. The minimum absolute atomic E-state index is 0.0167. The number of hydrogen-bond donors (Lipinski definition) is 0. The second kappa shape index (κ2) is 15.7. The zero-order chi connectivity index (χ0) is 22.2. The first-order chi connectivity index (χ1) is 13.5. The SMILES string of the molecule is CC(C)(C)CCOCCOCCOCCOCCOCCOP(=O)([O-])C(C)(C)C. The molecule has 0 aliphatic heterocycles. The zero-order valence-electron chi connectivity index (χ0n) is 19.2. The van der Waals surface area contributed by atoms with Crippen LogP contribution < -0.4 is 4.89 Å². The first-order valence-electron chi connectivity index (χ1n) is 10.3. The van der Waals surface area contributed by atoms with Crippen LogP contribution in [-0.2, 0) is 32.8 Å². The zero-order valence-corrected chi connectivity index (χ0v) is 20.1. The van der Waals surface area contributed by atoms with Gasteiger partial charge in [-0.1, -0.05) is 41.5 Å². The topological polar surface area (TPSA) is 95.5 Å². The molecular formula is C20H42O8P-. The molecule has 0 aromatic heterocycles. The van der Waals surface area contributed by atoms with Gasteiger partial charge in [0.2, 0.25) is 0 Å². The molecule has 8 nitrogen and oxygen atoms in total. The van der Waals surface area contributed by atoms with E-state index < -0.39 is 12.8 Å². The molecule has 0 aliphatic carbocycles. The highest BCUT2D eigenvalue weighted by Crippen LogP contribution is 2.50.